The first-order valence-electron chi connectivity index (χ1n) is 7.57. The summed E-state index contributed by atoms with van der Waals surface area (Å²) in [5, 5.41) is 0. The van der Waals surface area contributed by atoms with Gasteiger partial charge in [-0.1, -0.05) is 0 Å². The van der Waals surface area contributed by atoms with Gasteiger partial charge in [0.1, 0.15) is 5.75 Å². The summed E-state index contributed by atoms with van der Waals surface area (Å²) in [4.78, 5) is 0.389. The Bertz CT molecular complexity index is 673. The normalized spacial score (nSPS) is 32.0. The highest BCUT2D eigenvalue weighted by molar-refractivity contribution is 7.89. The highest BCUT2D eigenvalue weighted by Gasteiger charge is 2.45. The minimum absolute atomic E-state index is 0.156. The Hall–Kier alpha value is -1.11. The molecular formula is C15H20N2O3S. The fourth-order valence-electron chi connectivity index (χ4n) is 3.94. The Labute approximate surface area is 125 Å². The molecule has 0 radical (unpaired) electrons. The molecule has 1 aromatic carbocycles. The third kappa shape index (κ3) is 2.08. The van der Waals surface area contributed by atoms with Crippen LogP contribution in [0, 0.1) is 11.8 Å². The van der Waals surface area contributed by atoms with Crippen LogP contribution in [0.3, 0.4) is 0 Å². The minimum Gasteiger partial charge on any atom is -0.493 e. The molecule has 114 valence electrons. The van der Waals surface area contributed by atoms with Crippen molar-refractivity contribution in [3.05, 3.63) is 23.8 Å². The summed E-state index contributed by atoms with van der Waals surface area (Å²) in [5.74, 6) is 1.58. The van der Waals surface area contributed by atoms with Crippen LogP contribution in [-0.4, -0.2) is 38.5 Å². The van der Waals surface area contributed by atoms with Gasteiger partial charge in [-0.15, -0.1) is 0 Å². The average molecular weight is 308 g/mol. The van der Waals surface area contributed by atoms with Gasteiger partial charge in [0.05, 0.1) is 11.5 Å². The van der Waals surface area contributed by atoms with Crippen LogP contribution in [0.25, 0.3) is 0 Å². The molecule has 3 unspecified atom stereocenters. The second-order valence-corrected chi connectivity index (χ2v) is 8.29. The van der Waals surface area contributed by atoms with Crippen molar-refractivity contribution in [2.24, 2.45) is 17.6 Å². The van der Waals surface area contributed by atoms with Crippen molar-refractivity contribution in [2.75, 3.05) is 19.7 Å². The number of nitrogens with two attached hydrogens (primary N) is 1. The second-order valence-electron chi connectivity index (χ2n) is 6.36. The van der Waals surface area contributed by atoms with Crippen LogP contribution in [-0.2, 0) is 16.4 Å². The molecule has 4 rings (SSSR count). The van der Waals surface area contributed by atoms with E-state index in [1.807, 2.05) is 0 Å². The topological polar surface area (TPSA) is 72.6 Å². The quantitative estimate of drug-likeness (QED) is 0.884. The number of nitrogens with zero attached hydrogens (tertiary/aromatic N) is 1. The third-order valence-corrected chi connectivity index (χ3v) is 7.01. The number of hydrogen-bond acceptors (Lipinski definition) is 4. The molecule has 5 nitrogen and oxygen atoms in total. The van der Waals surface area contributed by atoms with E-state index < -0.39 is 10.0 Å². The van der Waals surface area contributed by atoms with Gasteiger partial charge in [0, 0.05) is 25.6 Å². The molecule has 3 aliphatic rings. The number of rotatable bonds is 2. The van der Waals surface area contributed by atoms with Gasteiger partial charge >= 0.3 is 0 Å². The van der Waals surface area contributed by atoms with Crippen LogP contribution < -0.4 is 10.5 Å². The Morgan fingerprint density at radius 1 is 1.24 bits per heavy atom. The molecule has 2 heterocycles. The largest absolute Gasteiger partial charge is 0.493 e. The van der Waals surface area contributed by atoms with Gasteiger partial charge in [0.2, 0.25) is 10.0 Å². The first-order chi connectivity index (χ1) is 10.1. The first kappa shape index (κ1) is 13.5. The molecule has 2 aliphatic heterocycles. The summed E-state index contributed by atoms with van der Waals surface area (Å²) < 4.78 is 32.7. The van der Waals surface area contributed by atoms with Crippen molar-refractivity contribution in [2.45, 2.75) is 30.2 Å². The molecule has 1 saturated carbocycles. The van der Waals surface area contributed by atoms with E-state index in [1.165, 1.54) is 0 Å². The molecule has 1 saturated heterocycles. The molecule has 1 aliphatic carbocycles. The highest BCUT2D eigenvalue weighted by Crippen LogP contribution is 2.39. The Morgan fingerprint density at radius 2 is 2.10 bits per heavy atom. The summed E-state index contributed by atoms with van der Waals surface area (Å²) in [5.41, 5.74) is 7.09. The van der Waals surface area contributed by atoms with Crippen LogP contribution in [0.1, 0.15) is 18.4 Å². The van der Waals surface area contributed by atoms with E-state index in [0.717, 1.165) is 30.6 Å². The molecule has 0 aromatic heterocycles. The van der Waals surface area contributed by atoms with E-state index in [9.17, 15) is 8.42 Å². The zero-order chi connectivity index (χ0) is 14.6. The van der Waals surface area contributed by atoms with Crippen LogP contribution in [0.5, 0.6) is 5.75 Å². The summed E-state index contributed by atoms with van der Waals surface area (Å²) in [7, 11) is -3.40. The molecule has 0 amide bonds. The van der Waals surface area contributed by atoms with E-state index in [-0.39, 0.29) is 6.04 Å². The van der Waals surface area contributed by atoms with Gasteiger partial charge in [-0.2, -0.15) is 4.31 Å². The van der Waals surface area contributed by atoms with Crippen molar-refractivity contribution in [3.8, 4) is 5.75 Å². The van der Waals surface area contributed by atoms with Gasteiger partial charge in [0.15, 0.2) is 0 Å². The second kappa shape index (κ2) is 4.69. The minimum atomic E-state index is -3.40. The van der Waals surface area contributed by atoms with Crippen molar-refractivity contribution in [1.29, 1.82) is 0 Å². The lowest BCUT2D eigenvalue weighted by atomic mass is 9.98. The molecule has 1 aromatic rings. The van der Waals surface area contributed by atoms with Crippen molar-refractivity contribution in [1.82, 2.24) is 4.31 Å². The maximum absolute atomic E-state index is 12.8. The molecular weight excluding hydrogens is 288 g/mol. The van der Waals surface area contributed by atoms with E-state index >= 15 is 0 Å². The molecule has 2 N–H and O–H groups in total. The van der Waals surface area contributed by atoms with Crippen molar-refractivity contribution < 1.29 is 13.2 Å². The predicted octanol–water partition coefficient (Wildman–Crippen LogP) is 0.979. The number of ether oxygens (including phenoxy) is 1. The highest BCUT2D eigenvalue weighted by atomic mass is 32.2. The van der Waals surface area contributed by atoms with Crippen LogP contribution in [0.4, 0.5) is 0 Å². The van der Waals surface area contributed by atoms with E-state index in [1.54, 1.807) is 22.5 Å². The summed E-state index contributed by atoms with van der Waals surface area (Å²) in [6.07, 6.45) is 2.87. The van der Waals surface area contributed by atoms with E-state index in [0.29, 0.717) is 36.4 Å². The van der Waals surface area contributed by atoms with Gasteiger partial charge in [-0.3, -0.25) is 0 Å². The van der Waals surface area contributed by atoms with Gasteiger partial charge in [0.25, 0.3) is 0 Å². The fourth-order valence-corrected chi connectivity index (χ4v) is 5.52. The van der Waals surface area contributed by atoms with Gasteiger partial charge in [-0.05, 0) is 48.4 Å². The Morgan fingerprint density at radius 3 is 2.90 bits per heavy atom. The maximum Gasteiger partial charge on any atom is 0.243 e. The van der Waals surface area contributed by atoms with Crippen LogP contribution in [0.2, 0.25) is 0 Å². The SMILES string of the molecule is NC1CCC2CN(S(=O)(=O)c3ccc4c(c3)CCO4)CC12. The maximum atomic E-state index is 12.8. The molecule has 3 atom stereocenters. The average Bonchev–Trinajstić information content (AvgIpc) is 3.15. The number of benzene rings is 1. The first-order valence-corrected chi connectivity index (χ1v) is 9.01. The zero-order valence-electron chi connectivity index (χ0n) is 11.9. The Balaban J connectivity index is 1.62. The molecule has 0 bridgehead atoms. The van der Waals surface area contributed by atoms with Crippen LogP contribution >= 0.6 is 0 Å². The van der Waals surface area contributed by atoms with E-state index in [2.05, 4.69) is 0 Å². The van der Waals surface area contributed by atoms with Gasteiger partial charge in [-0.25, -0.2) is 8.42 Å². The zero-order valence-corrected chi connectivity index (χ0v) is 12.7. The lowest BCUT2D eigenvalue weighted by molar-refractivity contribution is 0.356. The lowest BCUT2D eigenvalue weighted by Gasteiger charge is -2.19. The molecule has 6 heteroatoms. The number of fused-ring (bicyclic) bond motifs is 2. The predicted molar refractivity (Wildman–Crippen MR) is 78.6 cm³/mol. The standard InChI is InChI=1S/C15H20N2O3S/c16-14-3-1-11-8-17(9-13(11)14)21(18,19)12-2-4-15-10(7-12)5-6-20-15/h2,4,7,11,13-14H,1,3,5-6,8-9,16H2. The molecule has 0 spiro atoms. The van der Waals surface area contributed by atoms with Crippen molar-refractivity contribution >= 4 is 10.0 Å². The summed E-state index contributed by atoms with van der Waals surface area (Å²) in [6.45, 7) is 1.83. The Kier molecular flexibility index (Phi) is 3.03. The molecule has 2 fully saturated rings. The number of sulfonamides is 1. The van der Waals surface area contributed by atoms with E-state index in [4.69, 9.17) is 10.5 Å². The van der Waals surface area contributed by atoms with Crippen LogP contribution in [0.15, 0.2) is 23.1 Å². The summed E-state index contributed by atoms with van der Waals surface area (Å²) in [6, 6.07) is 5.36. The number of hydrogen-bond donors (Lipinski definition) is 1. The molecule has 21 heavy (non-hydrogen) atoms. The monoisotopic (exact) mass is 308 g/mol. The summed E-state index contributed by atoms with van der Waals surface area (Å²) >= 11 is 0. The van der Waals surface area contributed by atoms with Gasteiger partial charge < -0.3 is 10.5 Å². The lowest BCUT2D eigenvalue weighted by Crippen LogP contribution is -2.33. The van der Waals surface area contributed by atoms with Crippen molar-refractivity contribution in [3.63, 3.8) is 0 Å². The fraction of sp³-hybridized carbons (Fsp3) is 0.600. The third-order valence-electron chi connectivity index (χ3n) is 5.18. The smallest absolute Gasteiger partial charge is 0.243 e.